The number of likely N-dealkylation sites (N-methyl/N-ethyl adjacent to an activating group) is 1. The number of nitrogens with one attached hydrogen (secondary N) is 1. The van der Waals surface area contributed by atoms with Crippen LogP contribution in [0.3, 0.4) is 0 Å². The van der Waals surface area contributed by atoms with Crippen LogP contribution in [-0.2, 0) is 9.59 Å². The number of carbonyl (C=O) groups excluding carboxylic acids is 2. The molecule has 0 bridgehead atoms. The highest BCUT2D eigenvalue weighted by molar-refractivity contribution is 6.02. The Hall–Kier alpha value is -1.79. The van der Waals surface area contributed by atoms with E-state index >= 15 is 0 Å². The van der Waals surface area contributed by atoms with E-state index in [0.717, 1.165) is 0 Å². The predicted molar refractivity (Wildman–Crippen MR) is 72.7 cm³/mol. The highest BCUT2D eigenvalue weighted by atomic mass is 16.4. The standard InChI is InChI=1S/C12H24N4O3/c1-5-9(11(13)15-19)12(18)16(6-2)7-10(17)14-8(3)4/h8-9,19H,5-7H2,1-4H3,(H2,13,15)(H,14,17). The third kappa shape index (κ3) is 5.58. The van der Waals surface area contributed by atoms with Crippen LogP contribution in [0.25, 0.3) is 0 Å². The van der Waals surface area contributed by atoms with Gasteiger partial charge in [0.05, 0.1) is 12.5 Å². The lowest BCUT2D eigenvalue weighted by Gasteiger charge is -2.25. The fourth-order valence-electron chi connectivity index (χ4n) is 1.69. The maximum Gasteiger partial charge on any atom is 0.239 e. The van der Waals surface area contributed by atoms with Gasteiger partial charge in [-0.1, -0.05) is 12.1 Å². The number of nitrogens with zero attached hydrogens (tertiary/aromatic N) is 2. The molecule has 1 atom stereocenters. The number of rotatable bonds is 7. The quantitative estimate of drug-likeness (QED) is 0.265. The molecule has 0 aromatic heterocycles. The van der Waals surface area contributed by atoms with Gasteiger partial charge in [-0.2, -0.15) is 0 Å². The molecular formula is C12H24N4O3. The van der Waals surface area contributed by atoms with Crippen LogP contribution in [0.2, 0.25) is 0 Å². The number of hydrogen-bond acceptors (Lipinski definition) is 4. The zero-order valence-corrected chi connectivity index (χ0v) is 12.0. The molecule has 0 aliphatic rings. The summed E-state index contributed by atoms with van der Waals surface area (Å²) in [6, 6.07) is 0.0207. The second kappa shape index (κ2) is 8.34. The van der Waals surface area contributed by atoms with E-state index in [2.05, 4.69) is 10.5 Å². The molecule has 1 unspecified atom stereocenters. The van der Waals surface area contributed by atoms with Crippen molar-refractivity contribution >= 4 is 17.6 Å². The fraction of sp³-hybridized carbons (Fsp3) is 0.750. The summed E-state index contributed by atoms with van der Waals surface area (Å²) in [5, 5.41) is 14.2. The van der Waals surface area contributed by atoms with E-state index in [1.807, 2.05) is 13.8 Å². The topological polar surface area (TPSA) is 108 Å². The van der Waals surface area contributed by atoms with Crippen molar-refractivity contribution in [1.29, 1.82) is 0 Å². The van der Waals surface area contributed by atoms with Gasteiger partial charge in [0.15, 0.2) is 5.84 Å². The van der Waals surface area contributed by atoms with Crippen molar-refractivity contribution in [3.63, 3.8) is 0 Å². The summed E-state index contributed by atoms with van der Waals surface area (Å²) in [6.07, 6.45) is 0.414. The van der Waals surface area contributed by atoms with Gasteiger partial charge in [-0.25, -0.2) is 0 Å². The number of oxime groups is 1. The lowest BCUT2D eigenvalue weighted by atomic mass is 10.0. The van der Waals surface area contributed by atoms with Crippen LogP contribution in [0.15, 0.2) is 5.16 Å². The molecule has 2 amide bonds. The molecule has 0 fully saturated rings. The molecule has 0 spiro atoms. The normalized spacial score (nSPS) is 13.2. The largest absolute Gasteiger partial charge is 0.409 e. The van der Waals surface area contributed by atoms with E-state index in [4.69, 9.17) is 10.9 Å². The van der Waals surface area contributed by atoms with Gasteiger partial charge in [-0.15, -0.1) is 0 Å². The first-order valence-corrected chi connectivity index (χ1v) is 6.42. The Morgan fingerprint density at radius 3 is 2.32 bits per heavy atom. The molecule has 0 aliphatic heterocycles. The fourth-order valence-corrected chi connectivity index (χ4v) is 1.69. The molecule has 19 heavy (non-hydrogen) atoms. The first-order valence-electron chi connectivity index (χ1n) is 6.42. The van der Waals surface area contributed by atoms with Crippen molar-refractivity contribution in [2.45, 2.75) is 40.2 Å². The van der Waals surface area contributed by atoms with Crippen LogP contribution in [-0.4, -0.2) is 46.9 Å². The van der Waals surface area contributed by atoms with Crippen molar-refractivity contribution in [1.82, 2.24) is 10.2 Å². The summed E-state index contributed by atoms with van der Waals surface area (Å²) in [4.78, 5) is 25.3. The Morgan fingerprint density at radius 1 is 1.37 bits per heavy atom. The summed E-state index contributed by atoms with van der Waals surface area (Å²) in [5.41, 5.74) is 5.48. The third-order valence-electron chi connectivity index (χ3n) is 2.66. The Morgan fingerprint density at radius 2 is 1.95 bits per heavy atom. The molecule has 0 aromatic carbocycles. The van der Waals surface area contributed by atoms with E-state index in [9.17, 15) is 9.59 Å². The number of carbonyl (C=O) groups is 2. The monoisotopic (exact) mass is 272 g/mol. The van der Waals surface area contributed by atoms with Gasteiger partial charge in [0.2, 0.25) is 11.8 Å². The zero-order chi connectivity index (χ0) is 15.0. The van der Waals surface area contributed by atoms with Gasteiger partial charge in [0, 0.05) is 12.6 Å². The minimum atomic E-state index is -0.697. The maximum atomic E-state index is 12.2. The van der Waals surface area contributed by atoms with E-state index in [-0.39, 0.29) is 30.2 Å². The molecular weight excluding hydrogens is 248 g/mol. The van der Waals surface area contributed by atoms with E-state index in [0.29, 0.717) is 13.0 Å². The maximum absolute atomic E-state index is 12.2. The zero-order valence-electron chi connectivity index (χ0n) is 12.0. The minimum Gasteiger partial charge on any atom is -0.409 e. The highest BCUT2D eigenvalue weighted by Crippen LogP contribution is 2.08. The number of hydrogen-bond donors (Lipinski definition) is 3. The molecule has 110 valence electrons. The van der Waals surface area contributed by atoms with Gasteiger partial charge in [-0.3, -0.25) is 9.59 Å². The molecule has 0 saturated carbocycles. The van der Waals surface area contributed by atoms with Crippen molar-refractivity contribution in [3.8, 4) is 0 Å². The molecule has 0 saturated heterocycles. The highest BCUT2D eigenvalue weighted by Gasteiger charge is 2.27. The third-order valence-corrected chi connectivity index (χ3v) is 2.66. The van der Waals surface area contributed by atoms with E-state index in [1.54, 1.807) is 13.8 Å². The molecule has 0 rings (SSSR count). The number of amides is 2. The van der Waals surface area contributed by atoms with Crippen LogP contribution < -0.4 is 11.1 Å². The smallest absolute Gasteiger partial charge is 0.239 e. The average Bonchev–Trinajstić information content (AvgIpc) is 2.35. The Bertz CT molecular complexity index is 342. The van der Waals surface area contributed by atoms with Crippen LogP contribution in [0, 0.1) is 5.92 Å². The summed E-state index contributed by atoms with van der Waals surface area (Å²) in [6.45, 7) is 7.60. The number of nitrogens with two attached hydrogens (primary N) is 1. The van der Waals surface area contributed by atoms with Crippen molar-refractivity contribution in [2.75, 3.05) is 13.1 Å². The van der Waals surface area contributed by atoms with Gasteiger partial charge >= 0.3 is 0 Å². The summed E-state index contributed by atoms with van der Waals surface area (Å²) in [5.74, 6) is -1.36. The van der Waals surface area contributed by atoms with Gasteiger partial charge in [0.25, 0.3) is 0 Å². The Kier molecular flexibility index (Phi) is 7.55. The Balaban J connectivity index is 4.75. The molecule has 7 heteroatoms. The van der Waals surface area contributed by atoms with Crippen molar-refractivity contribution in [2.24, 2.45) is 16.8 Å². The second-order valence-electron chi connectivity index (χ2n) is 4.56. The molecule has 0 radical (unpaired) electrons. The summed E-state index contributed by atoms with van der Waals surface area (Å²) < 4.78 is 0. The van der Waals surface area contributed by atoms with Crippen molar-refractivity contribution < 1.29 is 14.8 Å². The summed E-state index contributed by atoms with van der Waals surface area (Å²) >= 11 is 0. The van der Waals surface area contributed by atoms with Crippen LogP contribution in [0.5, 0.6) is 0 Å². The lowest BCUT2D eigenvalue weighted by molar-refractivity contribution is -0.137. The minimum absolute atomic E-state index is 0.0207. The predicted octanol–water partition coefficient (Wildman–Crippen LogP) is 0.132. The first-order chi connectivity index (χ1) is 8.87. The van der Waals surface area contributed by atoms with Gasteiger partial charge in [0.1, 0.15) is 0 Å². The van der Waals surface area contributed by atoms with Gasteiger partial charge in [-0.05, 0) is 27.2 Å². The second-order valence-corrected chi connectivity index (χ2v) is 4.56. The molecule has 4 N–H and O–H groups in total. The lowest BCUT2D eigenvalue weighted by Crippen LogP contribution is -2.47. The van der Waals surface area contributed by atoms with Crippen LogP contribution in [0.4, 0.5) is 0 Å². The molecule has 0 aromatic rings. The number of amidine groups is 1. The van der Waals surface area contributed by atoms with Crippen molar-refractivity contribution in [3.05, 3.63) is 0 Å². The first kappa shape index (κ1) is 17.2. The van der Waals surface area contributed by atoms with E-state index in [1.165, 1.54) is 4.90 Å². The van der Waals surface area contributed by atoms with Gasteiger partial charge < -0.3 is 21.2 Å². The SMILES string of the molecule is CCC(C(=O)N(CC)CC(=O)NC(C)C)C(N)=NO. The van der Waals surface area contributed by atoms with Crippen LogP contribution >= 0.6 is 0 Å². The van der Waals surface area contributed by atoms with E-state index < -0.39 is 5.92 Å². The molecule has 7 nitrogen and oxygen atoms in total. The average molecular weight is 272 g/mol. The Labute approximate surface area is 113 Å². The molecule has 0 aliphatic carbocycles. The summed E-state index contributed by atoms with van der Waals surface area (Å²) in [7, 11) is 0. The molecule has 0 heterocycles. The van der Waals surface area contributed by atoms with Crippen LogP contribution in [0.1, 0.15) is 34.1 Å².